The number of carbonyl (C=O) groups is 1. The Balaban J connectivity index is 0.00000108. The number of amidine groups is 1. The summed E-state index contributed by atoms with van der Waals surface area (Å²) < 4.78 is 0. The van der Waals surface area contributed by atoms with Crippen molar-refractivity contribution in [1.29, 1.82) is 5.41 Å². The third-order valence-corrected chi connectivity index (χ3v) is 3.06. The lowest BCUT2D eigenvalue weighted by atomic mass is 10.1. The van der Waals surface area contributed by atoms with Crippen molar-refractivity contribution in [3.05, 3.63) is 35.4 Å². The van der Waals surface area contributed by atoms with Gasteiger partial charge in [-0.25, -0.2) is 0 Å². The third kappa shape index (κ3) is 2.20. The molecule has 17 heavy (non-hydrogen) atoms. The zero-order chi connectivity index (χ0) is 11.1. The van der Waals surface area contributed by atoms with Crippen LogP contribution in [0.5, 0.6) is 0 Å². The van der Waals surface area contributed by atoms with Crippen molar-refractivity contribution in [2.24, 2.45) is 5.92 Å². The predicted octanol–water partition coefficient (Wildman–Crippen LogP) is 1.85. The lowest BCUT2D eigenvalue weighted by Crippen LogP contribution is -2.43. The fraction of sp³-hybridized carbons (Fsp3) is 0.333. The summed E-state index contributed by atoms with van der Waals surface area (Å²) in [6.07, 6.45) is 1.97. The van der Waals surface area contributed by atoms with E-state index in [4.69, 9.17) is 5.41 Å². The SMILES string of the molecule is Br.N=C1c2ccccc2CN1NC(=O)C1CC1. The van der Waals surface area contributed by atoms with Crippen LogP contribution in [0, 0.1) is 11.3 Å². The molecule has 90 valence electrons. The topological polar surface area (TPSA) is 56.2 Å². The first-order chi connectivity index (χ1) is 7.75. The molecular weight excluding hydrogens is 282 g/mol. The highest BCUT2D eigenvalue weighted by Gasteiger charge is 2.33. The van der Waals surface area contributed by atoms with E-state index in [1.54, 1.807) is 5.01 Å². The number of carbonyl (C=O) groups excluding carboxylic acids is 1. The van der Waals surface area contributed by atoms with E-state index >= 15 is 0 Å². The normalized spacial score (nSPS) is 17.4. The summed E-state index contributed by atoms with van der Waals surface area (Å²) in [7, 11) is 0. The second kappa shape index (κ2) is 4.49. The third-order valence-electron chi connectivity index (χ3n) is 3.06. The molecule has 3 rings (SSSR count). The standard InChI is InChI=1S/C12H13N3O.BrH/c13-11-10-4-2-1-3-9(10)7-15(11)14-12(16)8-5-6-8;/h1-4,8,13H,5-7H2,(H,14,16);1H. The van der Waals surface area contributed by atoms with Gasteiger partial charge in [-0.2, -0.15) is 0 Å². The van der Waals surface area contributed by atoms with E-state index in [9.17, 15) is 4.79 Å². The van der Waals surface area contributed by atoms with E-state index in [2.05, 4.69) is 5.43 Å². The van der Waals surface area contributed by atoms with Gasteiger partial charge >= 0.3 is 0 Å². The van der Waals surface area contributed by atoms with Crippen LogP contribution in [0.25, 0.3) is 0 Å². The van der Waals surface area contributed by atoms with Gasteiger partial charge < -0.3 is 0 Å². The first-order valence-electron chi connectivity index (χ1n) is 5.50. The second-order valence-corrected chi connectivity index (χ2v) is 4.34. The molecule has 0 bridgehead atoms. The van der Waals surface area contributed by atoms with Gasteiger partial charge in [0.1, 0.15) is 5.84 Å². The maximum atomic E-state index is 11.6. The van der Waals surface area contributed by atoms with Crippen LogP contribution in [0.2, 0.25) is 0 Å². The number of halogens is 1. The molecule has 1 aromatic carbocycles. The summed E-state index contributed by atoms with van der Waals surface area (Å²) in [5.41, 5.74) is 4.82. The Hall–Kier alpha value is -1.36. The summed E-state index contributed by atoms with van der Waals surface area (Å²) in [6, 6.07) is 7.78. The molecule has 5 heteroatoms. The average molecular weight is 296 g/mol. The van der Waals surface area contributed by atoms with E-state index < -0.39 is 0 Å². The lowest BCUT2D eigenvalue weighted by molar-refractivity contribution is -0.125. The summed E-state index contributed by atoms with van der Waals surface area (Å²) in [5, 5.41) is 9.58. The quantitative estimate of drug-likeness (QED) is 0.875. The number of nitrogens with zero attached hydrogens (tertiary/aromatic N) is 1. The molecule has 0 atom stereocenters. The van der Waals surface area contributed by atoms with E-state index in [0.717, 1.165) is 24.0 Å². The van der Waals surface area contributed by atoms with E-state index in [-0.39, 0.29) is 28.8 Å². The van der Waals surface area contributed by atoms with Gasteiger partial charge in [-0.1, -0.05) is 24.3 Å². The highest BCUT2D eigenvalue weighted by atomic mass is 79.9. The van der Waals surface area contributed by atoms with Crippen molar-refractivity contribution in [2.75, 3.05) is 0 Å². The molecular formula is C12H14BrN3O. The largest absolute Gasteiger partial charge is 0.283 e. The van der Waals surface area contributed by atoms with Gasteiger partial charge in [0.15, 0.2) is 0 Å². The maximum absolute atomic E-state index is 11.6. The van der Waals surface area contributed by atoms with Crippen molar-refractivity contribution in [2.45, 2.75) is 19.4 Å². The summed E-state index contributed by atoms with van der Waals surface area (Å²) in [5.74, 6) is 0.624. The average Bonchev–Trinajstić information content (AvgIpc) is 3.08. The smallest absolute Gasteiger partial charge is 0.241 e. The maximum Gasteiger partial charge on any atom is 0.241 e. The van der Waals surface area contributed by atoms with Gasteiger partial charge in [-0.15, -0.1) is 17.0 Å². The summed E-state index contributed by atoms with van der Waals surface area (Å²) in [6.45, 7) is 0.605. The molecule has 2 N–H and O–H groups in total. The Morgan fingerprint density at radius 2 is 2.06 bits per heavy atom. The molecule has 0 aromatic heterocycles. The van der Waals surface area contributed by atoms with Crippen molar-refractivity contribution in [1.82, 2.24) is 10.4 Å². The Labute approximate surface area is 110 Å². The number of benzene rings is 1. The second-order valence-electron chi connectivity index (χ2n) is 4.34. The Bertz CT molecular complexity index is 471. The van der Waals surface area contributed by atoms with Crippen molar-refractivity contribution in [3.63, 3.8) is 0 Å². The molecule has 2 aliphatic rings. The van der Waals surface area contributed by atoms with Crippen LogP contribution in [0.3, 0.4) is 0 Å². The van der Waals surface area contributed by atoms with E-state index in [1.165, 1.54) is 0 Å². The molecule has 1 fully saturated rings. The molecule has 0 radical (unpaired) electrons. The molecule has 1 saturated carbocycles. The summed E-state index contributed by atoms with van der Waals surface area (Å²) in [4.78, 5) is 11.6. The molecule has 1 aromatic rings. The number of hydrazine groups is 1. The van der Waals surface area contributed by atoms with Crippen LogP contribution >= 0.6 is 17.0 Å². The molecule has 0 saturated heterocycles. The molecule has 4 nitrogen and oxygen atoms in total. The molecule has 1 heterocycles. The fourth-order valence-electron chi connectivity index (χ4n) is 1.95. The Morgan fingerprint density at radius 3 is 2.71 bits per heavy atom. The first-order valence-corrected chi connectivity index (χ1v) is 5.50. The highest BCUT2D eigenvalue weighted by Crippen LogP contribution is 2.29. The van der Waals surface area contributed by atoms with Crippen molar-refractivity contribution >= 4 is 28.7 Å². The number of nitrogens with one attached hydrogen (secondary N) is 2. The van der Waals surface area contributed by atoms with Gasteiger partial charge in [0.25, 0.3) is 0 Å². The molecule has 1 aliphatic carbocycles. The number of hydrogen-bond donors (Lipinski definition) is 2. The van der Waals surface area contributed by atoms with Gasteiger partial charge in [0.2, 0.25) is 5.91 Å². The number of rotatable bonds is 2. The van der Waals surface area contributed by atoms with E-state index in [0.29, 0.717) is 12.4 Å². The van der Waals surface area contributed by atoms with Crippen LogP contribution in [-0.2, 0) is 11.3 Å². The Morgan fingerprint density at radius 1 is 1.35 bits per heavy atom. The van der Waals surface area contributed by atoms with Crippen molar-refractivity contribution < 1.29 is 4.79 Å². The zero-order valence-electron chi connectivity index (χ0n) is 9.27. The van der Waals surface area contributed by atoms with Crippen LogP contribution in [-0.4, -0.2) is 16.8 Å². The van der Waals surface area contributed by atoms with Gasteiger partial charge in [-0.3, -0.25) is 20.6 Å². The predicted molar refractivity (Wildman–Crippen MR) is 70.0 cm³/mol. The lowest BCUT2D eigenvalue weighted by Gasteiger charge is -2.18. The zero-order valence-corrected chi connectivity index (χ0v) is 11.0. The molecule has 1 amide bonds. The minimum Gasteiger partial charge on any atom is -0.283 e. The van der Waals surface area contributed by atoms with Gasteiger partial charge in [-0.05, 0) is 18.4 Å². The van der Waals surface area contributed by atoms with Gasteiger partial charge in [0.05, 0.1) is 6.54 Å². The number of fused-ring (bicyclic) bond motifs is 1. The molecule has 1 aliphatic heterocycles. The highest BCUT2D eigenvalue weighted by molar-refractivity contribution is 8.93. The minimum absolute atomic E-state index is 0. The monoisotopic (exact) mass is 295 g/mol. The van der Waals surface area contributed by atoms with Crippen LogP contribution in [0.15, 0.2) is 24.3 Å². The Kier molecular flexibility index (Phi) is 3.19. The molecule has 0 spiro atoms. The van der Waals surface area contributed by atoms with Crippen LogP contribution < -0.4 is 5.43 Å². The van der Waals surface area contributed by atoms with Gasteiger partial charge in [0, 0.05) is 11.5 Å². The number of hydrogen-bond acceptors (Lipinski definition) is 2. The minimum atomic E-state index is 0. The van der Waals surface area contributed by atoms with Crippen LogP contribution in [0.1, 0.15) is 24.0 Å². The molecule has 0 unspecified atom stereocenters. The van der Waals surface area contributed by atoms with Crippen LogP contribution in [0.4, 0.5) is 0 Å². The number of amides is 1. The van der Waals surface area contributed by atoms with Crippen molar-refractivity contribution in [3.8, 4) is 0 Å². The first kappa shape index (κ1) is 12.1. The fourth-order valence-corrected chi connectivity index (χ4v) is 1.95. The summed E-state index contributed by atoms with van der Waals surface area (Å²) >= 11 is 0. The van der Waals surface area contributed by atoms with E-state index in [1.807, 2.05) is 24.3 Å².